The fourth-order valence-corrected chi connectivity index (χ4v) is 5.76. The van der Waals surface area contributed by atoms with E-state index in [0.717, 1.165) is 28.7 Å². The van der Waals surface area contributed by atoms with Crippen molar-refractivity contribution in [3.8, 4) is 0 Å². The molecule has 2 aliphatic heterocycles. The molecule has 4 nitrogen and oxygen atoms in total. The zero-order valence-corrected chi connectivity index (χ0v) is 20.0. The van der Waals surface area contributed by atoms with Gasteiger partial charge in [-0.05, 0) is 29.0 Å². The molecule has 0 saturated carbocycles. The molecule has 3 aromatic carbocycles. The number of carbonyl (C=O) groups is 2. The molecule has 2 aliphatic rings. The third-order valence-electron chi connectivity index (χ3n) is 7.70. The molecule has 34 heavy (non-hydrogen) atoms. The predicted molar refractivity (Wildman–Crippen MR) is 134 cm³/mol. The van der Waals surface area contributed by atoms with E-state index in [2.05, 4.69) is 32.9 Å². The molecule has 1 spiro atoms. The Hall–Kier alpha value is -3.24. The van der Waals surface area contributed by atoms with Gasteiger partial charge in [0.2, 0.25) is 0 Å². The third kappa shape index (κ3) is 3.32. The Labute approximate surface area is 201 Å². The molecule has 3 atom stereocenters. The van der Waals surface area contributed by atoms with Gasteiger partial charge in [0.1, 0.15) is 6.29 Å². The summed E-state index contributed by atoms with van der Waals surface area (Å²) >= 11 is 0. The Balaban J connectivity index is 1.71. The minimum Gasteiger partial charge on any atom is -0.352 e. The van der Waals surface area contributed by atoms with Crippen molar-refractivity contribution in [1.29, 1.82) is 0 Å². The average molecular weight is 454 g/mol. The fourth-order valence-electron chi connectivity index (χ4n) is 5.76. The van der Waals surface area contributed by atoms with E-state index in [-0.39, 0.29) is 23.7 Å². The van der Waals surface area contributed by atoms with Crippen LogP contribution >= 0.6 is 0 Å². The number of anilines is 1. The number of aldehydes is 1. The van der Waals surface area contributed by atoms with Crippen LogP contribution in [0, 0.1) is 5.41 Å². The quantitative estimate of drug-likeness (QED) is 0.445. The average Bonchev–Trinajstić information content (AvgIpc) is 3.31. The molecular weight excluding hydrogens is 422 g/mol. The maximum Gasteiger partial charge on any atom is 0.264 e. The third-order valence-corrected chi connectivity index (χ3v) is 7.70. The molecular formula is C30H31NO3. The predicted octanol–water partition coefficient (Wildman–Crippen LogP) is 6.01. The number of carbonyl (C=O) groups excluding carboxylic acids is 2. The van der Waals surface area contributed by atoms with E-state index >= 15 is 0 Å². The van der Waals surface area contributed by atoms with Crippen LogP contribution in [0.25, 0.3) is 0 Å². The number of amides is 1. The summed E-state index contributed by atoms with van der Waals surface area (Å²) in [6, 6.07) is 28.2. The molecule has 0 radical (unpaired) electrons. The van der Waals surface area contributed by atoms with Gasteiger partial charge in [0.05, 0.1) is 17.8 Å². The molecule has 1 amide bonds. The van der Waals surface area contributed by atoms with Crippen LogP contribution in [-0.4, -0.2) is 17.8 Å². The molecule has 174 valence electrons. The van der Waals surface area contributed by atoms with E-state index in [9.17, 15) is 9.59 Å². The highest BCUT2D eigenvalue weighted by Gasteiger charge is 2.67. The number of nitrogens with zero attached hydrogens (tertiary/aromatic N) is 1. The van der Waals surface area contributed by atoms with Crippen LogP contribution < -0.4 is 4.90 Å². The van der Waals surface area contributed by atoms with Crippen LogP contribution in [0.1, 0.15) is 56.2 Å². The van der Waals surface area contributed by atoms with Crippen LogP contribution in [0.5, 0.6) is 0 Å². The van der Waals surface area contributed by atoms with Gasteiger partial charge in [0.25, 0.3) is 5.91 Å². The van der Waals surface area contributed by atoms with E-state index in [1.165, 1.54) is 0 Å². The van der Waals surface area contributed by atoms with Crippen molar-refractivity contribution in [3.05, 3.63) is 102 Å². The van der Waals surface area contributed by atoms with Crippen LogP contribution in [0.3, 0.4) is 0 Å². The molecule has 0 aromatic heterocycles. The van der Waals surface area contributed by atoms with Crippen molar-refractivity contribution < 1.29 is 14.3 Å². The molecule has 3 aromatic rings. The monoisotopic (exact) mass is 453 g/mol. The topological polar surface area (TPSA) is 46.6 Å². The normalized spacial score (nSPS) is 26.1. The maximum atomic E-state index is 14.5. The van der Waals surface area contributed by atoms with Crippen molar-refractivity contribution in [3.63, 3.8) is 0 Å². The smallest absolute Gasteiger partial charge is 0.264 e. The first-order valence-electron chi connectivity index (χ1n) is 12.0. The van der Waals surface area contributed by atoms with Crippen LogP contribution in [0.2, 0.25) is 0 Å². The number of benzene rings is 3. The standard InChI is InChI=1S/C30H31NO3/c1-28(2,3)29(18-19-32)20-25(23-14-8-5-9-15-23)30(34-29)24-16-10-11-17-26(24)31(27(30)33)21-22-12-6-4-7-13-22/h4-17,19,25H,18,20-21H2,1-3H3/t25-,29+,30+/m0/s1. The Morgan fingerprint density at radius 3 is 2.21 bits per heavy atom. The Morgan fingerprint density at radius 2 is 1.56 bits per heavy atom. The molecule has 0 unspecified atom stereocenters. The molecule has 1 fully saturated rings. The van der Waals surface area contributed by atoms with Crippen molar-refractivity contribution in [1.82, 2.24) is 0 Å². The highest BCUT2D eigenvalue weighted by Crippen LogP contribution is 2.63. The van der Waals surface area contributed by atoms with Gasteiger partial charge in [-0.1, -0.05) is 99.6 Å². The number of hydrogen-bond donors (Lipinski definition) is 0. The summed E-state index contributed by atoms with van der Waals surface area (Å²) in [6.07, 6.45) is 1.79. The summed E-state index contributed by atoms with van der Waals surface area (Å²) < 4.78 is 7.05. The van der Waals surface area contributed by atoms with Gasteiger partial charge in [-0.25, -0.2) is 0 Å². The molecule has 0 bridgehead atoms. The highest BCUT2D eigenvalue weighted by molar-refractivity contribution is 6.08. The number of ether oxygens (including phenoxy) is 1. The lowest BCUT2D eigenvalue weighted by Crippen LogP contribution is -2.48. The molecule has 0 N–H and O–H groups in total. The van der Waals surface area contributed by atoms with Crippen molar-refractivity contribution >= 4 is 17.9 Å². The lowest BCUT2D eigenvalue weighted by molar-refractivity contribution is -0.175. The molecule has 0 aliphatic carbocycles. The lowest BCUT2D eigenvalue weighted by Gasteiger charge is -2.41. The zero-order chi connectivity index (χ0) is 24.0. The molecule has 4 heteroatoms. The summed E-state index contributed by atoms with van der Waals surface area (Å²) in [6.45, 7) is 6.78. The first-order chi connectivity index (χ1) is 16.3. The number of fused-ring (bicyclic) bond motifs is 2. The largest absolute Gasteiger partial charge is 0.352 e. The second-order valence-corrected chi connectivity index (χ2v) is 10.5. The van der Waals surface area contributed by atoms with Gasteiger partial charge in [-0.3, -0.25) is 4.79 Å². The van der Waals surface area contributed by atoms with Crippen molar-refractivity contribution in [2.24, 2.45) is 5.41 Å². The Bertz CT molecular complexity index is 1200. The fraction of sp³-hybridized carbons (Fsp3) is 0.333. The zero-order valence-electron chi connectivity index (χ0n) is 20.0. The summed E-state index contributed by atoms with van der Waals surface area (Å²) in [4.78, 5) is 28.3. The van der Waals surface area contributed by atoms with Gasteiger partial charge in [0.15, 0.2) is 5.60 Å². The highest BCUT2D eigenvalue weighted by atomic mass is 16.5. The van der Waals surface area contributed by atoms with Crippen LogP contribution in [0.4, 0.5) is 5.69 Å². The van der Waals surface area contributed by atoms with Gasteiger partial charge in [-0.2, -0.15) is 0 Å². The van der Waals surface area contributed by atoms with Crippen molar-refractivity contribution in [2.45, 2.75) is 57.3 Å². The first kappa shape index (κ1) is 22.5. The minimum atomic E-state index is -1.18. The van der Waals surface area contributed by atoms with Crippen LogP contribution in [0.15, 0.2) is 84.9 Å². The number of hydrogen-bond acceptors (Lipinski definition) is 3. The minimum absolute atomic E-state index is 0.0524. The lowest BCUT2D eigenvalue weighted by atomic mass is 9.69. The maximum absolute atomic E-state index is 14.5. The van der Waals surface area contributed by atoms with E-state index in [1.807, 2.05) is 77.7 Å². The summed E-state index contributed by atoms with van der Waals surface area (Å²) in [5, 5.41) is 0. The molecule has 1 saturated heterocycles. The SMILES string of the molecule is CC(C)(C)[C@@]1(CC=O)C[C@@H](c2ccccc2)[C@@]2(O1)C(=O)N(Cc1ccccc1)c1ccccc12. The summed E-state index contributed by atoms with van der Waals surface area (Å²) in [5.41, 5.74) is 1.61. The van der Waals surface area contributed by atoms with Crippen molar-refractivity contribution in [2.75, 3.05) is 4.90 Å². The Kier molecular flexibility index (Phi) is 5.44. The van der Waals surface area contributed by atoms with Gasteiger partial charge in [0, 0.05) is 17.9 Å². The van der Waals surface area contributed by atoms with Gasteiger partial charge >= 0.3 is 0 Å². The Morgan fingerprint density at radius 1 is 0.941 bits per heavy atom. The summed E-state index contributed by atoms with van der Waals surface area (Å²) in [5.74, 6) is -0.259. The molecule has 5 rings (SSSR count). The van der Waals surface area contributed by atoms with E-state index in [4.69, 9.17) is 4.74 Å². The van der Waals surface area contributed by atoms with E-state index in [1.54, 1.807) is 0 Å². The van der Waals surface area contributed by atoms with Gasteiger partial charge < -0.3 is 14.4 Å². The van der Waals surface area contributed by atoms with Gasteiger partial charge in [-0.15, -0.1) is 0 Å². The number of rotatable bonds is 5. The second kappa shape index (κ2) is 8.21. The number of para-hydroxylation sites is 1. The molecule has 2 heterocycles. The second-order valence-electron chi connectivity index (χ2n) is 10.5. The van der Waals surface area contributed by atoms with Crippen LogP contribution in [-0.2, 0) is 26.5 Å². The summed E-state index contributed by atoms with van der Waals surface area (Å²) in [7, 11) is 0. The van der Waals surface area contributed by atoms with E-state index in [0.29, 0.717) is 13.0 Å². The first-order valence-corrected chi connectivity index (χ1v) is 12.0. The van der Waals surface area contributed by atoms with E-state index < -0.39 is 11.2 Å².